The highest BCUT2D eigenvalue weighted by Gasteiger charge is 2.40. The van der Waals surface area contributed by atoms with Gasteiger partial charge in [-0.15, -0.1) is 0 Å². The van der Waals surface area contributed by atoms with Crippen LogP contribution in [0.5, 0.6) is 0 Å². The summed E-state index contributed by atoms with van der Waals surface area (Å²) in [4.78, 5) is 27.9. The number of carbonyl (C=O) groups is 2. The van der Waals surface area contributed by atoms with Gasteiger partial charge in [0.1, 0.15) is 11.5 Å². The molecule has 0 fully saturated rings. The maximum absolute atomic E-state index is 12.4. The fourth-order valence-electron chi connectivity index (χ4n) is 2.33. The van der Waals surface area contributed by atoms with Gasteiger partial charge in [0.25, 0.3) is 15.9 Å². The Kier molecular flexibility index (Phi) is 5.12. The zero-order valence-corrected chi connectivity index (χ0v) is 15.9. The standard InChI is InChI=1S/C15H9Cl3N2O5S/c16-9-7-19-13(12(18)11(9)17)15(22)25-6-5-20-14(21)8-3-1-2-4-10(8)26(20,23)24/h1-4,7H,5-6H2. The van der Waals surface area contributed by atoms with Gasteiger partial charge < -0.3 is 4.74 Å². The Hall–Kier alpha value is -1.87. The summed E-state index contributed by atoms with van der Waals surface area (Å²) in [6.45, 7) is -0.726. The lowest BCUT2D eigenvalue weighted by Gasteiger charge is -2.15. The summed E-state index contributed by atoms with van der Waals surface area (Å²) >= 11 is 17.4. The van der Waals surface area contributed by atoms with E-state index in [1.54, 1.807) is 6.07 Å². The number of esters is 1. The summed E-state index contributed by atoms with van der Waals surface area (Å²) in [7, 11) is -3.97. The third-order valence-electron chi connectivity index (χ3n) is 3.55. The summed E-state index contributed by atoms with van der Waals surface area (Å²) in [5, 5.41) is -0.163. The topological polar surface area (TPSA) is 93.6 Å². The molecule has 1 aromatic carbocycles. The molecule has 0 spiro atoms. The predicted octanol–water partition coefficient (Wildman–Crippen LogP) is 3.04. The van der Waals surface area contributed by atoms with Crippen LogP contribution in [0.2, 0.25) is 15.1 Å². The monoisotopic (exact) mass is 434 g/mol. The van der Waals surface area contributed by atoms with Crippen molar-refractivity contribution in [3.8, 4) is 0 Å². The van der Waals surface area contributed by atoms with E-state index in [4.69, 9.17) is 39.5 Å². The molecule has 0 unspecified atom stereocenters. The largest absolute Gasteiger partial charge is 0.459 e. The fourth-order valence-corrected chi connectivity index (χ4v) is 4.44. The van der Waals surface area contributed by atoms with E-state index >= 15 is 0 Å². The fraction of sp³-hybridized carbons (Fsp3) is 0.133. The van der Waals surface area contributed by atoms with Crippen molar-refractivity contribution in [2.45, 2.75) is 4.90 Å². The average Bonchev–Trinajstić information content (AvgIpc) is 2.80. The van der Waals surface area contributed by atoms with Crippen LogP contribution >= 0.6 is 34.8 Å². The molecule has 0 saturated heterocycles. The minimum Gasteiger partial charge on any atom is -0.459 e. The highest BCUT2D eigenvalue weighted by Crippen LogP contribution is 2.32. The Bertz CT molecular complexity index is 1030. The normalized spacial score (nSPS) is 15.0. The van der Waals surface area contributed by atoms with Crippen molar-refractivity contribution < 1.29 is 22.7 Å². The van der Waals surface area contributed by atoms with Gasteiger partial charge >= 0.3 is 5.97 Å². The molecule has 7 nitrogen and oxygen atoms in total. The number of carbonyl (C=O) groups excluding carboxylic acids is 2. The van der Waals surface area contributed by atoms with E-state index < -0.39 is 21.9 Å². The predicted molar refractivity (Wildman–Crippen MR) is 94.2 cm³/mol. The second-order valence-electron chi connectivity index (χ2n) is 5.10. The Balaban J connectivity index is 1.71. The van der Waals surface area contributed by atoms with Crippen LogP contribution < -0.4 is 0 Å². The van der Waals surface area contributed by atoms with Gasteiger partial charge in [-0.25, -0.2) is 22.5 Å². The van der Waals surface area contributed by atoms with Gasteiger partial charge in [0.2, 0.25) is 0 Å². The number of aromatic nitrogens is 1. The van der Waals surface area contributed by atoms with Crippen molar-refractivity contribution in [3.63, 3.8) is 0 Å². The number of halogens is 3. The molecule has 1 aliphatic heterocycles. The quantitative estimate of drug-likeness (QED) is 0.685. The van der Waals surface area contributed by atoms with Gasteiger partial charge in [-0.3, -0.25) is 4.79 Å². The van der Waals surface area contributed by atoms with Crippen LogP contribution in [0.3, 0.4) is 0 Å². The molecule has 0 atom stereocenters. The number of sulfonamides is 1. The van der Waals surface area contributed by atoms with Crippen molar-refractivity contribution in [1.82, 2.24) is 9.29 Å². The molecule has 2 aromatic rings. The minimum atomic E-state index is -3.97. The molecular formula is C15H9Cl3N2O5S. The Morgan fingerprint density at radius 3 is 2.54 bits per heavy atom. The van der Waals surface area contributed by atoms with E-state index in [0.29, 0.717) is 4.31 Å². The van der Waals surface area contributed by atoms with E-state index in [-0.39, 0.29) is 44.4 Å². The van der Waals surface area contributed by atoms with Gasteiger partial charge in [-0.2, -0.15) is 0 Å². The van der Waals surface area contributed by atoms with Crippen molar-refractivity contribution in [2.24, 2.45) is 0 Å². The van der Waals surface area contributed by atoms with Crippen molar-refractivity contribution >= 4 is 56.7 Å². The maximum atomic E-state index is 12.4. The van der Waals surface area contributed by atoms with E-state index in [1.807, 2.05) is 0 Å². The van der Waals surface area contributed by atoms with Crippen LogP contribution in [0.1, 0.15) is 20.8 Å². The highest BCUT2D eigenvalue weighted by molar-refractivity contribution is 7.90. The minimum absolute atomic E-state index is 0.0527. The van der Waals surface area contributed by atoms with Gasteiger partial charge in [0, 0.05) is 6.20 Å². The summed E-state index contributed by atoms with van der Waals surface area (Å²) < 4.78 is 30.4. The van der Waals surface area contributed by atoms with Crippen LogP contribution in [-0.2, 0) is 14.8 Å². The maximum Gasteiger partial charge on any atom is 0.358 e. The number of fused-ring (bicyclic) bond motifs is 1. The lowest BCUT2D eigenvalue weighted by Crippen LogP contribution is -2.33. The molecule has 0 saturated carbocycles. The zero-order chi connectivity index (χ0) is 19.1. The van der Waals surface area contributed by atoms with Gasteiger partial charge in [-0.1, -0.05) is 46.9 Å². The van der Waals surface area contributed by atoms with Crippen LogP contribution in [0.25, 0.3) is 0 Å². The zero-order valence-electron chi connectivity index (χ0n) is 12.8. The van der Waals surface area contributed by atoms with E-state index in [0.717, 1.165) is 6.20 Å². The Morgan fingerprint density at radius 2 is 1.85 bits per heavy atom. The highest BCUT2D eigenvalue weighted by atomic mass is 35.5. The molecule has 1 aliphatic rings. The summed E-state index contributed by atoms with van der Waals surface area (Å²) in [5.74, 6) is -1.60. The molecule has 0 bridgehead atoms. The third kappa shape index (κ3) is 3.14. The molecular weight excluding hydrogens is 427 g/mol. The van der Waals surface area contributed by atoms with E-state index in [9.17, 15) is 18.0 Å². The number of hydrogen-bond donors (Lipinski definition) is 0. The first-order chi connectivity index (χ1) is 12.2. The first-order valence-corrected chi connectivity index (χ1v) is 9.65. The molecule has 1 aromatic heterocycles. The number of ether oxygens (including phenoxy) is 1. The lowest BCUT2D eigenvalue weighted by molar-refractivity contribution is 0.0471. The first kappa shape index (κ1) is 18.9. The molecule has 0 N–H and O–H groups in total. The van der Waals surface area contributed by atoms with Crippen LogP contribution in [0, 0.1) is 0 Å². The molecule has 3 rings (SSSR count). The number of amides is 1. The molecule has 1 amide bonds. The van der Waals surface area contributed by atoms with E-state index in [2.05, 4.69) is 4.98 Å². The van der Waals surface area contributed by atoms with Crippen LogP contribution in [-0.4, -0.2) is 42.7 Å². The lowest BCUT2D eigenvalue weighted by atomic mass is 10.2. The third-order valence-corrected chi connectivity index (χ3v) is 6.63. The Morgan fingerprint density at radius 1 is 1.15 bits per heavy atom. The molecule has 0 radical (unpaired) electrons. The van der Waals surface area contributed by atoms with Crippen LogP contribution in [0.4, 0.5) is 0 Å². The Labute approximate surface area is 163 Å². The molecule has 11 heteroatoms. The van der Waals surface area contributed by atoms with Gasteiger partial charge in [0.05, 0.1) is 27.2 Å². The second kappa shape index (κ2) is 7.03. The second-order valence-corrected chi connectivity index (χ2v) is 8.09. The average molecular weight is 436 g/mol. The molecule has 0 aliphatic carbocycles. The number of nitrogens with zero attached hydrogens (tertiary/aromatic N) is 2. The first-order valence-electron chi connectivity index (χ1n) is 7.08. The van der Waals surface area contributed by atoms with E-state index in [1.165, 1.54) is 18.2 Å². The summed E-state index contributed by atoms with van der Waals surface area (Å²) in [6.07, 6.45) is 1.14. The van der Waals surface area contributed by atoms with Crippen molar-refractivity contribution in [1.29, 1.82) is 0 Å². The molecule has 136 valence electrons. The smallest absolute Gasteiger partial charge is 0.358 e. The number of hydrogen-bond acceptors (Lipinski definition) is 6. The summed E-state index contributed by atoms with van der Waals surface area (Å²) in [5.41, 5.74) is -0.187. The van der Waals surface area contributed by atoms with Gasteiger partial charge in [-0.05, 0) is 12.1 Å². The number of benzene rings is 1. The van der Waals surface area contributed by atoms with Crippen LogP contribution in [0.15, 0.2) is 35.4 Å². The van der Waals surface area contributed by atoms with Crippen molar-refractivity contribution in [2.75, 3.05) is 13.2 Å². The van der Waals surface area contributed by atoms with Gasteiger partial charge in [0.15, 0.2) is 5.69 Å². The molecule has 2 heterocycles. The number of rotatable bonds is 4. The summed E-state index contributed by atoms with van der Waals surface area (Å²) in [6, 6.07) is 5.84. The molecule has 26 heavy (non-hydrogen) atoms. The number of pyridine rings is 1. The van der Waals surface area contributed by atoms with Crippen molar-refractivity contribution in [3.05, 3.63) is 56.8 Å². The SMILES string of the molecule is O=C(OCCN1C(=O)c2ccccc2S1(=O)=O)c1ncc(Cl)c(Cl)c1Cl.